The molecular weight excluding hydrogens is 340 g/mol. The molecule has 0 unspecified atom stereocenters. The second-order valence-electron chi connectivity index (χ2n) is 6.85. The molecule has 1 heterocycles. The molecule has 0 atom stereocenters. The van der Waals surface area contributed by atoms with Crippen molar-refractivity contribution in [3.8, 4) is 0 Å². The van der Waals surface area contributed by atoms with Crippen LogP contribution in [0.2, 0.25) is 0 Å². The number of ether oxygens (including phenoxy) is 1. The third-order valence-corrected chi connectivity index (χ3v) is 4.92. The van der Waals surface area contributed by atoms with Gasteiger partial charge in [0.2, 0.25) is 0 Å². The van der Waals surface area contributed by atoms with Crippen LogP contribution in [0.5, 0.6) is 0 Å². The van der Waals surface area contributed by atoms with Gasteiger partial charge in [-0.1, -0.05) is 30.3 Å². The minimum absolute atomic E-state index is 0.0517. The first-order chi connectivity index (χ1) is 13.2. The van der Waals surface area contributed by atoms with E-state index in [4.69, 9.17) is 4.74 Å². The maximum absolute atomic E-state index is 12.7. The van der Waals surface area contributed by atoms with Crippen molar-refractivity contribution in [1.82, 2.24) is 4.90 Å². The van der Waals surface area contributed by atoms with Crippen LogP contribution in [0.3, 0.4) is 0 Å². The Labute approximate surface area is 160 Å². The van der Waals surface area contributed by atoms with Crippen LogP contribution in [0, 0.1) is 5.92 Å². The first kappa shape index (κ1) is 19.0. The van der Waals surface area contributed by atoms with Gasteiger partial charge in [-0.05, 0) is 61.9 Å². The van der Waals surface area contributed by atoms with Crippen LogP contribution >= 0.6 is 0 Å². The van der Waals surface area contributed by atoms with Gasteiger partial charge in [0, 0.05) is 24.3 Å². The largest absolute Gasteiger partial charge is 0.450 e. The van der Waals surface area contributed by atoms with Gasteiger partial charge in [0.25, 0.3) is 5.91 Å². The molecular formula is C22H26N2O3. The number of likely N-dealkylation sites (tertiary alicyclic amines) is 1. The summed E-state index contributed by atoms with van der Waals surface area (Å²) in [7, 11) is 0. The van der Waals surface area contributed by atoms with Gasteiger partial charge in [0.1, 0.15) is 0 Å². The molecule has 3 rings (SSSR count). The quantitative estimate of drug-likeness (QED) is 0.856. The van der Waals surface area contributed by atoms with Crippen molar-refractivity contribution in [2.75, 3.05) is 25.0 Å². The second kappa shape index (κ2) is 9.21. The van der Waals surface area contributed by atoms with E-state index in [9.17, 15) is 9.59 Å². The van der Waals surface area contributed by atoms with Gasteiger partial charge in [0.05, 0.1) is 6.61 Å². The lowest BCUT2D eigenvalue weighted by Crippen LogP contribution is -2.38. The minimum atomic E-state index is -0.489. The molecule has 0 aliphatic carbocycles. The lowest BCUT2D eigenvalue weighted by molar-refractivity contribution is 0.0690. The van der Waals surface area contributed by atoms with Gasteiger partial charge in [-0.3, -0.25) is 10.1 Å². The van der Waals surface area contributed by atoms with Crippen molar-refractivity contribution in [2.45, 2.75) is 26.2 Å². The summed E-state index contributed by atoms with van der Waals surface area (Å²) in [4.78, 5) is 26.1. The van der Waals surface area contributed by atoms with E-state index in [1.165, 1.54) is 5.56 Å². The number of piperidine rings is 1. The van der Waals surface area contributed by atoms with E-state index in [1.807, 2.05) is 11.0 Å². The van der Waals surface area contributed by atoms with Crippen molar-refractivity contribution in [1.29, 1.82) is 0 Å². The Morgan fingerprint density at radius 3 is 2.33 bits per heavy atom. The molecule has 1 aliphatic rings. The van der Waals surface area contributed by atoms with Gasteiger partial charge >= 0.3 is 6.09 Å². The van der Waals surface area contributed by atoms with Gasteiger partial charge in [0.15, 0.2) is 0 Å². The number of hydrogen-bond donors (Lipinski definition) is 1. The number of amides is 2. The number of carbonyl (C=O) groups is 2. The molecule has 0 radical (unpaired) electrons. The number of hydrogen-bond acceptors (Lipinski definition) is 3. The Bertz CT molecular complexity index is 751. The highest BCUT2D eigenvalue weighted by Gasteiger charge is 2.23. The second-order valence-corrected chi connectivity index (χ2v) is 6.85. The highest BCUT2D eigenvalue weighted by atomic mass is 16.5. The van der Waals surface area contributed by atoms with E-state index >= 15 is 0 Å². The summed E-state index contributed by atoms with van der Waals surface area (Å²) in [5.74, 6) is 0.684. The summed E-state index contributed by atoms with van der Waals surface area (Å²) in [6, 6.07) is 17.5. The van der Waals surface area contributed by atoms with Crippen LogP contribution < -0.4 is 5.32 Å². The van der Waals surface area contributed by atoms with Crippen LogP contribution in [0.15, 0.2) is 54.6 Å². The fraction of sp³-hybridized carbons (Fsp3) is 0.364. The van der Waals surface area contributed by atoms with E-state index < -0.39 is 6.09 Å². The predicted molar refractivity (Wildman–Crippen MR) is 106 cm³/mol. The third-order valence-electron chi connectivity index (χ3n) is 4.92. The monoisotopic (exact) mass is 366 g/mol. The molecule has 1 fully saturated rings. The van der Waals surface area contributed by atoms with E-state index in [1.54, 1.807) is 31.2 Å². The van der Waals surface area contributed by atoms with Crippen LogP contribution in [0.25, 0.3) is 0 Å². The topological polar surface area (TPSA) is 58.6 Å². The fourth-order valence-corrected chi connectivity index (χ4v) is 3.45. The molecule has 0 aromatic heterocycles. The number of benzene rings is 2. The van der Waals surface area contributed by atoms with Crippen molar-refractivity contribution in [2.24, 2.45) is 5.92 Å². The van der Waals surface area contributed by atoms with Crippen molar-refractivity contribution >= 4 is 17.7 Å². The maximum Gasteiger partial charge on any atom is 0.411 e. The molecule has 2 aromatic carbocycles. The smallest absolute Gasteiger partial charge is 0.411 e. The Balaban J connectivity index is 1.51. The number of anilines is 1. The molecule has 1 saturated heterocycles. The summed E-state index contributed by atoms with van der Waals surface area (Å²) in [6.45, 7) is 3.66. The average Bonchev–Trinajstić information content (AvgIpc) is 2.70. The summed E-state index contributed by atoms with van der Waals surface area (Å²) in [6.07, 6.45) is 2.65. The van der Waals surface area contributed by atoms with Crippen molar-refractivity contribution in [3.05, 3.63) is 65.7 Å². The molecule has 27 heavy (non-hydrogen) atoms. The van der Waals surface area contributed by atoms with Gasteiger partial charge in [-0.2, -0.15) is 0 Å². The highest BCUT2D eigenvalue weighted by Crippen LogP contribution is 2.23. The first-order valence-electron chi connectivity index (χ1n) is 9.52. The zero-order valence-electron chi connectivity index (χ0n) is 15.7. The van der Waals surface area contributed by atoms with E-state index in [-0.39, 0.29) is 5.91 Å². The zero-order chi connectivity index (χ0) is 19.1. The van der Waals surface area contributed by atoms with Crippen LogP contribution in [0.1, 0.15) is 35.7 Å². The molecule has 0 bridgehead atoms. The SMILES string of the molecule is CCOC(=O)Nc1ccc(C(=O)N2CCC(Cc3ccccc3)CC2)cc1. The van der Waals surface area contributed by atoms with Gasteiger partial charge in [-0.15, -0.1) is 0 Å². The third kappa shape index (κ3) is 5.33. The van der Waals surface area contributed by atoms with E-state index in [2.05, 4.69) is 29.6 Å². The van der Waals surface area contributed by atoms with Gasteiger partial charge < -0.3 is 9.64 Å². The molecule has 5 nitrogen and oxygen atoms in total. The Morgan fingerprint density at radius 1 is 1.04 bits per heavy atom. The Kier molecular flexibility index (Phi) is 6.47. The van der Waals surface area contributed by atoms with Crippen molar-refractivity contribution in [3.63, 3.8) is 0 Å². The number of nitrogens with one attached hydrogen (secondary N) is 1. The van der Waals surface area contributed by atoms with E-state index in [0.717, 1.165) is 32.4 Å². The highest BCUT2D eigenvalue weighted by molar-refractivity contribution is 5.95. The fourth-order valence-electron chi connectivity index (χ4n) is 3.45. The Hall–Kier alpha value is -2.82. The number of nitrogens with zero attached hydrogens (tertiary/aromatic N) is 1. The normalized spacial score (nSPS) is 14.6. The lowest BCUT2D eigenvalue weighted by Gasteiger charge is -2.32. The molecule has 2 amide bonds. The van der Waals surface area contributed by atoms with Crippen LogP contribution in [0.4, 0.5) is 10.5 Å². The maximum atomic E-state index is 12.7. The molecule has 0 saturated carbocycles. The number of carbonyl (C=O) groups excluding carboxylic acids is 2. The minimum Gasteiger partial charge on any atom is -0.450 e. The Morgan fingerprint density at radius 2 is 1.70 bits per heavy atom. The molecule has 5 heteroatoms. The molecule has 142 valence electrons. The first-order valence-corrected chi connectivity index (χ1v) is 9.52. The molecule has 2 aromatic rings. The summed E-state index contributed by atoms with van der Waals surface area (Å²) < 4.78 is 4.85. The summed E-state index contributed by atoms with van der Waals surface area (Å²) >= 11 is 0. The zero-order valence-corrected chi connectivity index (χ0v) is 15.7. The standard InChI is InChI=1S/C22H26N2O3/c1-2-27-22(26)23-20-10-8-19(9-11-20)21(25)24-14-12-18(13-15-24)16-17-6-4-3-5-7-17/h3-11,18H,2,12-16H2,1H3,(H,23,26). The van der Waals surface area contributed by atoms with E-state index in [0.29, 0.717) is 23.8 Å². The average molecular weight is 366 g/mol. The molecule has 1 N–H and O–H groups in total. The molecule has 1 aliphatic heterocycles. The summed E-state index contributed by atoms with van der Waals surface area (Å²) in [5.41, 5.74) is 2.63. The number of rotatable bonds is 5. The predicted octanol–water partition coefficient (Wildman–Crippen LogP) is 4.35. The van der Waals surface area contributed by atoms with Gasteiger partial charge in [-0.25, -0.2) is 4.79 Å². The van der Waals surface area contributed by atoms with Crippen LogP contribution in [-0.4, -0.2) is 36.6 Å². The van der Waals surface area contributed by atoms with Crippen molar-refractivity contribution < 1.29 is 14.3 Å². The molecule has 0 spiro atoms. The lowest BCUT2D eigenvalue weighted by atomic mass is 9.90. The summed E-state index contributed by atoms with van der Waals surface area (Å²) in [5, 5.41) is 2.63. The van der Waals surface area contributed by atoms with Crippen LogP contribution in [-0.2, 0) is 11.2 Å².